The van der Waals surface area contributed by atoms with E-state index in [2.05, 4.69) is 26.0 Å². The molecule has 7 amide bonds. The zero-order valence-corrected chi connectivity index (χ0v) is 29.3. The smallest absolute Gasteiger partial charge is 0.328 e. The second-order valence-corrected chi connectivity index (χ2v) is 13.9. The summed E-state index contributed by atoms with van der Waals surface area (Å²) in [4.78, 5) is 59.5. The van der Waals surface area contributed by atoms with E-state index in [9.17, 15) is 32.4 Å². The summed E-state index contributed by atoms with van der Waals surface area (Å²) in [5, 5.41) is 10.2. The number of ether oxygens (including phenoxy) is 1. The third-order valence-corrected chi connectivity index (χ3v) is 10.1. The minimum atomic E-state index is -3.97. The van der Waals surface area contributed by atoms with Crippen molar-refractivity contribution in [1.82, 2.24) is 26.0 Å². The molecule has 0 atom stereocenters. The standard InChI is InChI=1S/C23H28ClN3O5S.C12H12N2O3/c1-32-21-12-9-17(24)15-20(21)22(28)25-14-13-16-7-10-19(11-8-16)33(30,31)27-23(29)26-18-5-3-2-4-6-18;1-2-12(8-6-4-3-5-7-8)9(15)13-11(17)14-10(12)16/h7-12,15,18H,2-6,13-14H2,1H3,(H,25,28)(H2,26,27,29);3-7H,2H2,1H3,(H2,13,14,15,16,17). The number of methoxy groups -OCH3 is 1. The summed E-state index contributed by atoms with van der Waals surface area (Å²) in [5.74, 6) is -1.03. The number of imide groups is 2. The van der Waals surface area contributed by atoms with E-state index in [0.29, 0.717) is 41.3 Å². The van der Waals surface area contributed by atoms with Crippen molar-refractivity contribution < 1.29 is 37.1 Å². The molecule has 3 aromatic rings. The lowest BCUT2D eigenvalue weighted by molar-refractivity contribution is -0.138. The zero-order chi connectivity index (χ0) is 36.3. The van der Waals surface area contributed by atoms with Crippen LogP contribution in [0.2, 0.25) is 5.02 Å². The van der Waals surface area contributed by atoms with E-state index in [0.717, 1.165) is 37.7 Å². The maximum atomic E-state index is 12.5. The third kappa shape index (κ3) is 9.39. The maximum Gasteiger partial charge on any atom is 0.328 e. The highest BCUT2D eigenvalue weighted by Gasteiger charge is 2.50. The summed E-state index contributed by atoms with van der Waals surface area (Å²) >= 11 is 5.96. The van der Waals surface area contributed by atoms with Crippen LogP contribution in [0.25, 0.3) is 0 Å². The van der Waals surface area contributed by atoms with E-state index in [1.54, 1.807) is 61.5 Å². The molecule has 5 N–H and O–H groups in total. The Morgan fingerprint density at radius 1 is 0.920 bits per heavy atom. The molecule has 1 saturated carbocycles. The van der Waals surface area contributed by atoms with Crippen LogP contribution in [0, 0.1) is 0 Å². The molecular formula is C35H40ClN5O8S. The van der Waals surface area contributed by atoms with Crippen LogP contribution >= 0.6 is 11.6 Å². The predicted octanol–water partition coefficient (Wildman–Crippen LogP) is 4.34. The van der Waals surface area contributed by atoms with Gasteiger partial charge in [-0.1, -0.05) is 80.3 Å². The van der Waals surface area contributed by atoms with Gasteiger partial charge >= 0.3 is 12.1 Å². The highest BCUT2D eigenvalue weighted by Crippen LogP contribution is 2.30. The molecule has 266 valence electrons. The van der Waals surface area contributed by atoms with Gasteiger partial charge in [0, 0.05) is 17.6 Å². The highest BCUT2D eigenvalue weighted by atomic mass is 35.5. The number of urea groups is 2. The fourth-order valence-corrected chi connectivity index (χ4v) is 6.90. The zero-order valence-electron chi connectivity index (χ0n) is 27.7. The molecule has 50 heavy (non-hydrogen) atoms. The van der Waals surface area contributed by atoms with Crippen LogP contribution < -0.4 is 30.7 Å². The lowest BCUT2D eigenvalue weighted by Crippen LogP contribution is -2.64. The van der Waals surface area contributed by atoms with Crippen molar-refractivity contribution >= 4 is 51.4 Å². The molecule has 0 spiro atoms. The molecule has 1 aliphatic carbocycles. The lowest BCUT2D eigenvalue weighted by Gasteiger charge is -2.33. The number of nitrogens with one attached hydrogen (secondary N) is 5. The topological polar surface area (TPSA) is 189 Å². The number of benzene rings is 3. The Bertz CT molecular complexity index is 1790. The van der Waals surface area contributed by atoms with Crippen LogP contribution in [0.4, 0.5) is 9.59 Å². The van der Waals surface area contributed by atoms with E-state index < -0.39 is 39.3 Å². The molecule has 0 radical (unpaired) electrons. The van der Waals surface area contributed by atoms with Crippen molar-refractivity contribution in [3.63, 3.8) is 0 Å². The molecule has 2 aliphatic rings. The largest absolute Gasteiger partial charge is 0.496 e. The van der Waals surface area contributed by atoms with Gasteiger partial charge in [0.2, 0.25) is 11.8 Å². The molecular weight excluding hydrogens is 686 g/mol. The first-order valence-corrected chi connectivity index (χ1v) is 18.0. The number of hydrogen-bond donors (Lipinski definition) is 5. The summed E-state index contributed by atoms with van der Waals surface area (Å²) in [6.07, 6.45) is 5.72. The van der Waals surface area contributed by atoms with E-state index in [4.69, 9.17) is 16.3 Å². The van der Waals surface area contributed by atoms with Gasteiger partial charge in [-0.25, -0.2) is 22.7 Å². The van der Waals surface area contributed by atoms with Gasteiger partial charge in [-0.05, 0) is 67.1 Å². The first-order valence-electron chi connectivity index (χ1n) is 16.2. The predicted molar refractivity (Wildman–Crippen MR) is 186 cm³/mol. The fourth-order valence-electron chi connectivity index (χ4n) is 5.82. The van der Waals surface area contributed by atoms with E-state index in [1.165, 1.54) is 25.3 Å². The van der Waals surface area contributed by atoms with Crippen LogP contribution in [0.15, 0.2) is 77.7 Å². The van der Waals surface area contributed by atoms with Gasteiger partial charge in [-0.3, -0.25) is 25.0 Å². The molecule has 1 saturated heterocycles. The van der Waals surface area contributed by atoms with Crippen LogP contribution in [0.3, 0.4) is 0 Å². The van der Waals surface area contributed by atoms with Crippen molar-refractivity contribution in [1.29, 1.82) is 0 Å². The van der Waals surface area contributed by atoms with Gasteiger partial charge in [-0.15, -0.1) is 0 Å². The second kappa shape index (κ2) is 17.1. The molecule has 3 aromatic carbocycles. The Hall–Kier alpha value is -4.95. The minimum absolute atomic E-state index is 0.00209. The van der Waals surface area contributed by atoms with Crippen molar-refractivity contribution in [3.05, 3.63) is 94.5 Å². The van der Waals surface area contributed by atoms with Gasteiger partial charge < -0.3 is 15.4 Å². The molecule has 2 fully saturated rings. The average molecular weight is 726 g/mol. The summed E-state index contributed by atoms with van der Waals surface area (Å²) in [7, 11) is -2.49. The van der Waals surface area contributed by atoms with Crippen LogP contribution in [0.5, 0.6) is 5.75 Å². The maximum absolute atomic E-state index is 12.5. The molecule has 0 bridgehead atoms. The van der Waals surface area contributed by atoms with Gasteiger partial charge in [0.05, 0.1) is 17.6 Å². The van der Waals surface area contributed by atoms with Crippen molar-refractivity contribution in [2.75, 3.05) is 13.7 Å². The monoisotopic (exact) mass is 725 g/mol. The van der Waals surface area contributed by atoms with E-state index in [-0.39, 0.29) is 16.8 Å². The Kier molecular flexibility index (Phi) is 13.0. The summed E-state index contributed by atoms with van der Waals surface area (Å²) < 4.78 is 32.2. The van der Waals surface area contributed by atoms with Crippen LogP contribution in [0.1, 0.15) is 66.9 Å². The van der Waals surface area contributed by atoms with E-state index >= 15 is 0 Å². The van der Waals surface area contributed by atoms with Gasteiger partial charge in [0.1, 0.15) is 5.75 Å². The third-order valence-electron chi connectivity index (χ3n) is 8.53. The van der Waals surface area contributed by atoms with Crippen molar-refractivity contribution in [3.8, 4) is 5.75 Å². The Balaban J connectivity index is 0.000000276. The number of hydrogen-bond acceptors (Lipinski definition) is 8. The van der Waals surface area contributed by atoms with E-state index in [1.807, 2.05) is 0 Å². The normalized spacial score (nSPS) is 15.8. The number of halogens is 1. The van der Waals surface area contributed by atoms with Crippen LogP contribution in [-0.2, 0) is 31.4 Å². The van der Waals surface area contributed by atoms with Crippen LogP contribution in [-0.4, -0.2) is 57.9 Å². The number of carbonyl (C=O) groups is 5. The molecule has 15 heteroatoms. The Morgan fingerprint density at radius 3 is 2.16 bits per heavy atom. The number of amides is 7. The van der Waals surface area contributed by atoms with Gasteiger partial charge in [-0.2, -0.15) is 0 Å². The number of sulfonamides is 1. The Morgan fingerprint density at radius 2 is 1.56 bits per heavy atom. The van der Waals surface area contributed by atoms with Crippen molar-refractivity contribution in [2.45, 2.75) is 68.2 Å². The first-order chi connectivity index (χ1) is 23.9. The summed E-state index contributed by atoms with van der Waals surface area (Å²) in [5.41, 5.74) is 0.447. The fraction of sp³-hybridized carbons (Fsp3) is 0.343. The van der Waals surface area contributed by atoms with Gasteiger partial charge in [0.15, 0.2) is 5.41 Å². The minimum Gasteiger partial charge on any atom is -0.496 e. The molecule has 13 nitrogen and oxygen atoms in total. The van der Waals surface area contributed by atoms with Crippen molar-refractivity contribution in [2.24, 2.45) is 0 Å². The average Bonchev–Trinajstić information content (AvgIpc) is 3.09. The first kappa shape index (κ1) is 37.9. The summed E-state index contributed by atoms with van der Waals surface area (Å²) in [6.45, 7) is 2.07. The molecule has 0 unspecified atom stereocenters. The number of barbiturate groups is 1. The lowest BCUT2D eigenvalue weighted by atomic mass is 9.75. The quantitative estimate of drug-likeness (QED) is 0.191. The Labute approximate surface area is 295 Å². The molecule has 5 rings (SSSR count). The molecule has 1 heterocycles. The number of carbonyl (C=O) groups excluding carboxylic acids is 5. The molecule has 1 aliphatic heterocycles. The second-order valence-electron chi connectivity index (χ2n) is 11.8. The highest BCUT2D eigenvalue weighted by molar-refractivity contribution is 7.90. The molecule has 0 aromatic heterocycles. The summed E-state index contributed by atoms with van der Waals surface area (Å²) in [6, 6.07) is 18.2. The van der Waals surface area contributed by atoms with Gasteiger partial charge in [0.25, 0.3) is 15.9 Å². The number of rotatable bonds is 10. The SMILES string of the molecule is CCC1(c2ccccc2)C(=O)NC(=O)NC1=O.COc1ccc(Cl)cc1C(=O)NCCc1ccc(S(=O)(=O)NC(=O)NC2CCCCC2)cc1.